The Bertz CT molecular complexity index is 605. The average Bonchev–Trinajstić information content (AvgIpc) is 2.85. The zero-order valence-corrected chi connectivity index (χ0v) is 17.1. The van der Waals surface area contributed by atoms with Crippen LogP contribution in [0.4, 0.5) is 0 Å². The van der Waals surface area contributed by atoms with Crippen LogP contribution in [-0.4, -0.2) is 16.0 Å². The Morgan fingerprint density at radius 3 is 2.67 bits per heavy atom. The zero-order valence-electron chi connectivity index (χ0n) is 14.9. The van der Waals surface area contributed by atoms with E-state index < -0.39 is 0 Å². The molecule has 4 rings (SSSR count). The van der Waals surface area contributed by atoms with Crippen molar-refractivity contribution in [3.63, 3.8) is 0 Å². The summed E-state index contributed by atoms with van der Waals surface area (Å²) in [5, 5.41) is 0. The van der Waals surface area contributed by atoms with Crippen LogP contribution < -0.4 is 0 Å². The smallest absolute Gasteiger partial charge is 0.155 e. The summed E-state index contributed by atoms with van der Waals surface area (Å²) in [6, 6.07) is 0. The highest BCUT2D eigenvalue weighted by Crippen LogP contribution is 2.64. The van der Waals surface area contributed by atoms with E-state index in [0.29, 0.717) is 29.3 Å². The normalized spacial score (nSPS) is 43.7. The van der Waals surface area contributed by atoms with Crippen molar-refractivity contribution in [3.8, 4) is 0 Å². The predicted octanol–water partition coefficient (Wildman–Crippen LogP) is 5.14. The Kier molecular flexibility index (Phi) is 4.25. The first-order valence-electron chi connectivity index (χ1n) is 9.73. The third-order valence-electron chi connectivity index (χ3n) is 7.94. The fraction of sp³-hybridized carbons (Fsp3) is 0.810. The molecule has 0 bridgehead atoms. The van der Waals surface area contributed by atoms with Crippen molar-refractivity contribution in [2.24, 2.45) is 34.5 Å². The Hall–Kier alpha value is -0.190. The molecule has 3 saturated carbocycles. The third-order valence-corrected chi connectivity index (χ3v) is 8.48. The van der Waals surface area contributed by atoms with Gasteiger partial charge in [0.05, 0.1) is 0 Å². The van der Waals surface area contributed by atoms with Gasteiger partial charge in [0.1, 0.15) is 5.78 Å². The molecule has 0 radical (unpaired) electrons. The van der Waals surface area contributed by atoms with Gasteiger partial charge in [-0.15, -0.1) is 0 Å². The van der Waals surface area contributed by atoms with Crippen molar-refractivity contribution in [2.45, 2.75) is 65.2 Å². The number of halogens is 1. The number of carbonyl (C=O) groups excluding carboxylic acids is 2. The van der Waals surface area contributed by atoms with Crippen molar-refractivity contribution in [2.75, 3.05) is 4.43 Å². The molecule has 5 unspecified atom stereocenters. The maximum atomic E-state index is 12.8. The van der Waals surface area contributed by atoms with Crippen molar-refractivity contribution in [1.82, 2.24) is 0 Å². The fourth-order valence-electron chi connectivity index (χ4n) is 6.97. The summed E-state index contributed by atoms with van der Waals surface area (Å²) in [6.45, 7) is 4.68. The molecule has 4 aliphatic rings. The minimum absolute atomic E-state index is 0.00411. The molecule has 132 valence electrons. The molecule has 0 aliphatic heterocycles. The van der Waals surface area contributed by atoms with E-state index in [1.807, 2.05) is 6.08 Å². The Balaban J connectivity index is 1.71. The van der Waals surface area contributed by atoms with E-state index in [0.717, 1.165) is 48.9 Å². The zero-order chi connectivity index (χ0) is 17.1. The highest BCUT2D eigenvalue weighted by molar-refractivity contribution is 14.1. The van der Waals surface area contributed by atoms with Crippen molar-refractivity contribution >= 4 is 34.2 Å². The topological polar surface area (TPSA) is 34.1 Å². The van der Waals surface area contributed by atoms with E-state index in [9.17, 15) is 9.59 Å². The molecule has 3 fully saturated rings. The van der Waals surface area contributed by atoms with Crippen LogP contribution in [0.3, 0.4) is 0 Å². The molecule has 24 heavy (non-hydrogen) atoms. The number of allylic oxidation sites excluding steroid dienone is 1. The fourth-order valence-corrected chi connectivity index (χ4v) is 7.93. The molecule has 0 aromatic carbocycles. The SMILES string of the molecule is CC1(C)CC2C(CCC3(CCI)C(=O)CCC23)C2CCC(=O)C=C21. The molecule has 2 nitrogen and oxygen atoms in total. The molecular formula is C21H29IO2. The minimum Gasteiger partial charge on any atom is -0.299 e. The Morgan fingerprint density at radius 1 is 1.12 bits per heavy atom. The third kappa shape index (κ3) is 2.39. The molecule has 0 N–H and O–H groups in total. The first kappa shape index (κ1) is 17.2. The summed E-state index contributed by atoms with van der Waals surface area (Å²) in [4.78, 5) is 24.8. The van der Waals surface area contributed by atoms with E-state index in [1.165, 1.54) is 18.4 Å². The van der Waals surface area contributed by atoms with Gasteiger partial charge in [-0.3, -0.25) is 9.59 Å². The summed E-state index contributed by atoms with van der Waals surface area (Å²) in [5.74, 6) is 3.52. The lowest BCUT2D eigenvalue weighted by molar-refractivity contribution is -0.134. The first-order chi connectivity index (χ1) is 11.4. The van der Waals surface area contributed by atoms with Gasteiger partial charge in [-0.2, -0.15) is 0 Å². The van der Waals surface area contributed by atoms with Gasteiger partial charge in [0.2, 0.25) is 0 Å². The number of alkyl halides is 1. The second-order valence-corrected chi connectivity index (χ2v) is 10.4. The second-order valence-electron chi connectivity index (χ2n) is 9.33. The number of hydrogen-bond donors (Lipinski definition) is 0. The van der Waals surface area contributed by atoms with Crippen LogP contribution in [0.5, 0.6) is 0 Å². The summed E-state index contributed by atoms with van der Waals surface area (Å²) in [5.41, 5.74) is 1.57. The predicted molar refractivity (Wildman–Crippen MR) is 104 cm³/mol. The maximum absolute atomic E-state index is 12.8. The van der Waals surface area contributed by atoms with Gasteiger partial charge in [0, 0.05) is 22.7 Å². The number of rotatable bonds is 2. The lowest BCUT2D eigenvalue weighted by Crippen LogP contribution is -2.51. The number of hydrogen-bond acceptors (Lipinski definition) is 2. The van der Waals surface area contributed by atoms with Crippen molar-refractivity contribution in [3.05, 3.63) is 11.6 Å². The van der Waals surface area contributed by atoms with E-state index in [1.54, 1.807) is 0 Å². The average molecular weight is 440 g/mol. The highest BCUT2D eigenvalue weighted by atomic mass is 127. The Morgan fingerprint density at radius 2 is 1.92 bits per heavy atom. The number of Topliss-reactive ketones (excluding diaryl/α,β-unsaturated/α-hetero) is 1. The summed E-state index contributed by atoms with van der Waals surface area (Å²) < 4.78 is 1.10. The molecule has 0 saturated heterocycles. The number of fused-ring (bicyclic) bond motifs is 5. The summed E-state index contributed by atoms with van der Waals surface area (Å²) in [7, 11) is 0. The van der Waals surface area contributed by atoms with E-state index in [4.69, 9.17) is 0 Å². The first-order valence-corrected chi connectivity index (χ1v) is 11.3. The molecule has 0 amide bonds. The second kappa shape index (κ2) is 5.92. The van der Waals surface area contributed by atoms with Crippen LogP contribution in [0.2, 0.25) is 0 Å². The van der Waals surface area contributed by atoms with Gasteiger partial charge in [-0.1, -0.05) is 42.0 Å². The van der Waals surface area contributed by atoms with Gasteiger partial charge in [0.15, 0.2) is 5.78 Å². The molecule has 0 aromatic heterocycles. The van der Waals surface area contributed by atoms with Crippen molar-refractivity contribution in [1.29, 1.82) is 0 Å². The van der Waals surface area contributed by atoms with Gasteiger partial charge >= 0.3 is 0 Å². The lowest BCUT2D eigenvalue weighted by atomic mass is 9.47. The maximum Gasteiger partial charge on any atom is 0.155 e. The lowest BCUT2D eigenvalue weighted by Gasteiger charge is -2.57. The van der Waals surface area contributed by atoms with Crippen LogP contribution in [0.15, 0.2) is 11.6 Å². The minimum atomic E-state index is 0.00411. The van der Waals surface area contributed by atoms with Gasteiger partial charge in [0.25, 0.3) is 0 Å². The molecule has 3 heteroatoms. The summed E-state index contributed by atoms with van der Waals surface area (Å²) in [6.07, 6.45) is 10.3. The van der Waals surface area contributed by atoms with Crippen LogP contribution in [0.1, 0.15) is 65.2 Å². The van der Waals surface area contributed by atoms with Gasteiger partial charge in [-0.05, 0) is 73.7 Å². The molecule has 0 heterocycles. The molecule has 4 aliphatic carbocycles. The quantitative estimate of drug-likeness (QED) is 0.440. The van der Waals surface area contributed by atoms with Gasteiger partial charge < -0.3 is 0 Å². The van der Waals surface area contributed by atoms with Crippen LogP contribution in [-0.2, 0) is 9.59 Å². The molecule has 0 aromatic rings. The van der Waals surface area contributed by atoms with Crippen LogP contribution in [0.25, 0.3) is 0 Å². The van der Waals surface area contributed by atoms with E-state index in [2.05, 4.69) is 36.4 Å². The molecule has 0 spiro atoms. The van der Waals surface area contributed by atoms with E-state index >= 15 is 0 Å². The standard InChI is InChI=1S/C21H29IO2/c1-20(2)12-16-14(15-4-3-13(23)11-18(15)20)7-8-21(9-10-22)17(16)5-6-19(21)24/h11,14-17H,3-10,12H2,1-2H3. The summed E-state index contributed by atoms with van der Waals surface area (Å²) >= 11 is 2.46. The molecular weight excluding hydrogens is 411 g/mol. The Labute approximate surface area is 159 Å². The number of carbonyl (C=O) groups is 2. The largest absolute Gasteiger partial charge is 0.299 e. The van der Waals surface area contributed by atoms with Crippen molar-refractivity contribution < 1.29 is 9.59 Å². The highest BCUT2D eigenvalue weighted by Gasteiger charge is 2.60. The van der Waals surface area contributed by atoms with Crippen LogP contribution in [0, 0.1) is 34.5 Å². The number of ketones is 2. The molecule has 5 atom stereocenters. The van der Waals surface area contributed by atoms with E-state index in [-0.39, 0.29) is 10.8 Å². The van der Waals surface area contributed by atoms with Crippen LogP contribution >= 0.6 is 22.6 Å². The van der Waals surface area contributed by atoms with Gasteiger partial charge in [-0.25, -0.2) is 0 Å². The monoisotopic (exact) mass is 440 g/mol.